The number of carboxylic acids is 1. The van der Waals surface area contributed by atoms with E-state index in [1.54, 1.807) is 14.2 Å². The molecule has 154 valence electrons. The molecule has 0 radical (unpaired) electrons. The van der Waals surface area contributed by atoms with Crippen LogP contribution in [0.15, 0.2) is 42.5 Å². The van der Waals surface area contributed by atoms with Crippen LogP contribution in [-0.4, -0.2) is 48.3 Å². The van der Waals surface area contributed by atoms with Crippen molar-refractivity contribution in [1.82, 2.24) is 9.88 Å². The molecule has 0 spiro atoms. The van der Waals surface area contributed by atoms with Gasteiger partial charge in [0.15, 0.2) is 0 Å². The molecule has 1 aromatic heterocycles. The fourth-order valence-electron chi connectivity index (χ4n) is 3.97. The Morgan fingerprint density at radius 2 is 1.97 bits per heavy atom. The molecule has 0 saturated carbocycles. The molecule has 6 nitrogen and oxygen atoms in total. The van der Waals surface area contributed by atoms with Crippen LogP contribution in [0.4, 0.5) is 0 Å². The van der Waals surface area contributed by atoms with Gasteiger partial charge in [0.2, 0.25) is 0 Å². The summed E-state index contributed by atoms with van der Waals surface area (Å²) in [5, 5.41) is 10.7. The van der Waals surface area contributed by atoms with Crippen LogP contribution in [0, 0.1) is 0 Å². The lowest BCUT2D eigenvalue weighted by Gasteiger charge is -2.30. The number of carbonyl (C=O) groups is 1. The van der Waals surface area contributed by atoms with Gasteiger partial charge in [-0.1, -0.05) is 25.1 Å². The van der Waals surface area contributed by atoms with Gasteiger partial charge < -0.3 is 14.6 Å². The van der Waals surface area contributed by atoms with Crippen LogP contribution >= 0.6 is 0 Å². The van der Waals surface area contributed by atoms with Gasteiger partial charge in [-0.15, -0.1) is 0 Å². The van der Waals surface area contributed by atoms with Crippen molar-refractivity contribution in [3.8, 4) is 11.5 Å². The summed E-state index contributed by atoms with van der Waals surface area (Å²) in [6.07, 6.45) is 2.03. The number of likely N-dealkylation sites (N-methyl/N-ethyl adjacent to an activating group) is 1. The lowest BCUT2D eigenvalue weighted by atomic mass is 9.92. The van der Waals surface area contributed by atoms with Crippen LogP contribution in [0.2, 0.25) is 0 Å². The second-order valence-electron chi connectivity index (χ2n) is 7.22. The van der Waals surface area contributed by atoms with Gasteiger partial charge >= 0.3 is 5.97 Å². The van der Waals surface area contributed by atoms with Crippen LogP contribution < -0.4 is 9.47 Å². The first-order chi connectivity index (χ1) is 14.5. The van der Waals surface area contributed by atoms with Gasteiger partial charge in [-0.25, -0.2) is 9.78 Å². The zero-order valence-corrected chi connectivity index (χ0v) is 17.3. The summed E-state index contributed by atoms with van der Waals surface area (Å²) in [5.74, 6) is 0.478. The van der Waals surface area contributed by atoms with Crippen LogP contribution in [0.5, 0.6) is 11.5 Å². The minimum Gasteiger partial charge on any atom is -0.497 e. The fraction of sp³-hybridized carbons (Fsp3) is 0.250. The number of hydrogen-bond donors (Lipinski definition) is 1. The number of rotatable bonds is 5. The third kappa shape index (κ3) is 3.50. The minimum absolute atomic E-state index is 0.335. The number of nitrogens with zero attached hydrogens (tertiary/aromatic N) is 2. The maximum atomic E-state index is 12.2. The molecule has 2 heterocycles. The molecule has 4 rings (SSSR count). The van der Waals surface area contributed by atoms with Gasteiger partial charge in [-0.3, -0.25) is 4.90 Å². The lowest BCUT2D eigenvalue weighted by Crippen LogP contribution is -2.31. The SMILES string of the molecule is CCN1C/C(=C/c2ccc(OC)cc2OC)c2nc3ccccc3c(C(=O)O)c2C1. The van der Waals surface area contributed by atoms with Gasteiger partial charge in [0, 0.05) is 35.7 Å². The van der Waals surface area contributed by atoms with Crippen molar-refractivity contribution in [3.63, 3.8) is 0 Å². The minimum atomic E-state index is -0.927. The Kier molecular flexibility index (Phi) is 5.42. The first kappa shape index (κ1) is 19.9. The largest absolute Gasteiger partial charge is 0.497 e. The number of para-hydroxylation sites is 1. The van der Waals surface area contributed by atoms with E-state index in [-0.39, 0.29) is 0 Å². The maximum absolute atomic E-state index is 12.2. The number of pyridine rings is 1. The van der Waals surface area contributed by atoms with Gasteiger partial charge in [0.1, 0.15) is 11.5 Å². The average Bonchev–Trinajstić information content (AvgIpc) is 2.77. The van der Waals surface area contributed by atoms with E-state index < -0.39 is 5.97 Å². The van der Waals surface area contributed by atoms with Gasteiger partial charge in [-0.05, 0) is 36.4 Å². The molecular weight excluding hydrogens is 380 g/mol. The summed E-state index contributed by atoms with van der Waals surface area (Å²) in [5.41, 5.74) is 4.38. The number of hydrogen-bond acceptors (Lipinski definition) is 5. The predicted octanol–water partition coefficient (Wildman–Crippen LogP) is 4.33. The standard InChI is InChI=1S/C24H24N2O4/c1-4-26-13-16(11-15-9-10-17(29-2)12-21(15)30-3)23-19(14-26)22(24(27)28)18-7-5-6-8-20(18)25-23/h5-12H,4,13-14H2,1-3H3,(H,27,28)/b16-11-. The summed E-state index contributed by atoms with van der Waals surface area (Å²) < 4.78 is 10.8. The number of aromatic carboxylic acids is 1. The lowest BCUT2D eigenvalue weighted by molar-refractivity contribution is 0.0696. The van der Waals surface area contributed by atoms with E-state index in [1.807, 2.05) is 48.5 Å². The van der Waals surface area contributed by atoms with E-state index >= 15 is 0 Å². The highest BCUT2D eigenvalue weighted by molar-refractivity contribution is 6.06. The Morgan fingerprint density at radius 1 is 1.17 bits per heavy atom. The summed E-state index contributed by atoms with van der Waals surface area (Å²) >= 11 is 0. The Bertz CT molecular complexity index is 1150. The summed E-state index contributed by atoms with van der Waals surface area (Å²) in [6, 6.07) is 13.1. The molecular formula is C24H24N2O4. The molecule has 0 saturated heterocycles. The van der Waals surface area contributed by atoms with Crippen molar-refractivity contribution in [3.05, 3.63) is 64.8 Å². The van der Waals surface area contributed by atoms with Crippen molar-refractivity contribution in [2.45, 2.75) is 13.5 Å². The molecule has 1 N–H and O–H groups in total. The third-order valence-corrected chi connectivity index (χ3v) is 5.50. The van der Waals surface area contributed by atoms with Gasteiger partial charge in [0.05, 0.1) is 31.0 Å². The molecule has 0 atom stereocenters. The maximum Gasteiger partial charge on any atom is 0.336 e. The number of benzene rings is 2. The highest BCUT2D eigenvalue weighted by Crippen LogP contribution is 2.35. The van der Waals surface area contributed by atoms with Crippen LogP contribution in [-0.2, 0) is 6.54 Å². The van der Waals surface area contributed by atoms with Crippen LogP contribution in [0.3, 0.4) is 0 Å². The Labute approximate surface area is 175 Å². The molecule has 1 aliphatic heterocycles. The first-order valence-electron chi connectivity index (χ1n) is 9.86. The zero-order valence-electron chi connectivity index (χ0n) is 17.3. The molecule has 0 bridgehead atoms. The Hall–Kier alpha value is -3.38. The molecule has 0 fully saturated rings. The summed E-state index contributed by atoms with van der Waals surface area (Å²) in [7, 11) is 3.24. The number of ether oxygens (including phenoxy) is 2. The molecule has 3 aromatic rings. The van der Waals surface area contributed by atoms with Crippen molar-refractivity contribution >= 4 is 28.5 Å². The highest BCUT2D eigenvalue weighted by Gasteiger charge is 2.28. The second-order valence-corrected chi connectivity index (χ2v) is 7.22. The smallest absolute Gasteiger partial charge is 0.336 e. The van der Waals surface area contributed by atoms with Crippen molar-refractivity contribution in [2.24, 2.45) is 0 Å². The van der Waals surface area contributed by atoms with Gasteiger partial charge in [0.25, 0.3) is 0 Å². The van der Waals surface area contributed by atoms with E-state index in [1.165, 1.54) is 0 Å². The van der Waals surface area contributed by atoms with E-state index in [9.17, 15) is 9.90 Å². The van der Waals surface area contributed by atoms with Crippen molar-refractivity contribution in [1.29, 1.82) is 0 Å². The number of fused-ring (bicyclic) bond motifs is 2. The van der Waals surface area contributed by atoms with E-state index in [4.69, 9.17) is 14.5 Å². The normalized spacial score (nSPS) is 15.2. The molecule has 2 aromatic carbocycles. The number of aromatic nitrogens is 1. The zero-order chi connectivity index (χ0) is 21.3. The summed E-state index contributed by atoms with van der Waals surface area (Å²) in [4.78, 5) is 19.3. The second kappa shape index (κ2) is 8.16. The van der Waals surface area contributed by atoms with Crippen molar-refractivity contribution in [2.75, 3.05) is 27.3 Å². The average molecular weight is 404 g/mol. The monoisotopic (exact) mass is 404 g/mol. The topological polar surface area (TPSA) is 71.9 Å². The first-order valence-corrected chi connectivity index (χ1v) is 9.86. The highest BCUT2D eigenvalue weighted by atomic mass is 16.5. The van der Waals surface area contributed by atoms with Crippen LogP contribution in [0.25, 0.3) is 22.6 Å². The number of methoxy groups -OCH3 is 2. The molecule has 0 unspecified atom stereocenters. The summed E-state index contributed by atoms with van der Waals surface area (Å²) in [6.45, 7) is 4.12. The van der Waals surface area contributed by atoms with Crippen LogP contribution in [0.1, 0.15) is 34.1 Å². The molecule has 30 heavy (non-hydrogen) atoms. The Morgan fingerprint density at radius 3 is 2.67 bits per heavy atom. The third-order valence-electron chi connectivity index (χ3n) is 5.50. The molecule has 0 amide bonds. The molecule has 0 aliphatic carbocycles. The van der Waals surface area contributed by atoms with Gasteiger partial charge in [-0.2, -0.15) is 0 Å². The molecule has 6 heteroatoms. The van der Waals surface area contributed by atoms with E-state index in [2.05, 4.69) is 11.8 Å². The van der Waals surface area contributed by atoms with E-state index in [0.29, 0.717) is 41.1 Å². The predicted molar refractivity (Wildman–Crippen MR) is 117 cm³/mol. The van der Waals surface area contributed by atoms with E-state index in [0.717, 1.165) is 28.9 Å². The van der Waals surface area contributed by atoms with Crippen molar-refractivity contribution < 1.29 is 19.4 Å². The number of carboxylic acid groups (broad SMARTS) is 1. The Balaban J connectivity index is 1.96. The fourth-order valence-corrected chi connectivity index (χ4v) is 3.97. The molecule has 1 aliphatic rings. The quantitative estimate of drug-likeness (QED) is 0.683.